The predicted molar refractivity (Wildman–Crippen MR) is 72.9 cm³/mol. The minimum Gasteiger partial charge on any atom is -0.474 e. The molecule has 0 spiro atoms. The topological polar surface area (TPSA) is 48.1 Å². The zero-order valence-electron chi connectivity index (χ0n) is 10.3. The molecule has 2 N–H and O–H groups in total. The molecule has 4 heteroatoms. The van der Waals surface area contributed by atoms with Gasteiger partial charge in [-0.1, -0.05) is 13.8 Å². The third kappa shape index (κ3) is 3.35. The van der Waals surface area contributed by atoms with Crippen LogP contribution in [0, 0.1) is 11.8 Å². The van der Waals surface area contributed by atoms with Crippen molar-refractivity contribution in [2.24, 2.45) is 11.8 Å². The van der Waals surface area contributed by atoms with Crippen LogP contribution in [0.1, 0.15) is 33.1 Å². The Kier molecular flexibility index (Phi) is 3.92. The number of nitrogen functional groups attached to an aromatic ring is 1. The first kappa shape index (κ1) is 12.7. The lowest BCUT2D eigenvalue weighted by Crippen LogP contribution is -2.28. The van der Waals surface area contributed by atoms with E-state index in [-0.39, 0.29) is 6.10 Å². The number of nitrogens with two attached hydrogens (primary N) is 1. The van der Waals surface area contributed by atoms with Gasteiger partial charge in [-0.3, -0.25) is 0 Å². The molecule has 1 aliphatic carbocycles. The van der Waals surface area contributed by atoms with Gasteiger partial charge in [0.25, 0.3) is 0 Å². The van der Waals surface area contributed by atoms with E-state index in [0.717, 1.165) is 29.2 Å². The second kappa shape index (κ2) is 5.25. The highest BCUT2D eigenvalue weighted by Gasteiger charge is 2.26. The summed E-state index contributed by atoms with van der Waals surface area (Å²) in [6, 6.07) is 1.83. The van der Waals surface area contributed by atoms with Crippen LogP contribution in [0.5, 0.6) is 5.88 Å². The molecule has 0 radical (unpaired) electrons. The lowest BCUT2D eigenvalue weighted by molar-refractivity contribution is 0.0960. The van der Waals surface area contributed by atoms with Crippen LogP contribution < -0.4 is 10.5 Å². The standard InChI is InChI=1S/C13H19BrN2O/c1-8-3-9(2)5-11(4-8)17-13-12(14)6-10(15)7-16-13/h6-9,11H,3-5,15H2,1-2H3. The van der Waals surface area contributed by atoms with Crippen LogP contribution in [-0.2, 0) is 0 Å². The average molecular weight is 299 g/mol. The van der Waals surface area contributed by atoms with Gasteiger partial charge in [0, 0.05) is 0 Å². The molecule has 2 atom stereocenters. The Hall–Kier alpha value is -0.770. The van der Waals surface area contributed by atoms with Crippen LogP contribution in [-0.4, -0.2) is 11.1 Å². The van der Waals surface area contributed by atoms with Crippen LogP contribution in [0.15, 0.2) is 16.7 Å². The van der Waals surface area contributed by atoms with Gasteiger partial charge in [0.1, 0.15) is 6.10 Å². The molecule has 1 fully saturated rings. The Balaban J connectivity index is 2.04. The van der Waals surface area contributed by atoms with E-state index < -0.39 is 0 Å². The van der Waals surface area contributed by atoms with Gasteiger partial charge in [-0.15, -0.1) is 0 Å². The zero-order chi connectivity index (χ0) is 12.4. The number of hydrogen-bond donors (Lipinski definition) is 1. The molecule has 1 aromatic rings. The third-order valence-corrected chi connectivity index (χ3v) is 3.81. The van der Waals surface area contributed by atoms with Gasteiger partial charge < -0.3 is 10.5 Å². The van der Waals surface area contributed by atoms with Crippen molar-refractivity contribution >= 4 is 21.6 Å². The molecule has 1 heterocycles. The number of pyridine rings is 1. The van der Waals surface area contributed by atoms with Gasteiger partial charge in [-0.25, -0.2) is 4.98 Å². The number of aromatic nitrogens is 1. The second-order valence-corrected chi connectivity index (χ2v) is 6.07. The molecule has 0 bridgehead atoms. The van der Waals surface area contributed by atoms with Crippen molar-refractivity contribution in [3.8, 4) is 5.88 Å². The minimum absolute atomic E-state index is 0.279. The summed E-state index contributed by atoms with van der Waals surface area (Å²) in [4.78, 5) is 4.23. The van der Waals surface area contributed by atoms with Crippen molar-refractivity contribution in [3.05, 3.63) is 16.7 Å². The first-order valence-electron chi connectivity index (χ1n) is 6.12. The highest BCUT2D eigenvalue weighted by molar-refractivity contribution is 9.10. The first-order valence-corrected chi connectivity index (χ1v) is 6.91. The Morgan fingerprint density at radius 1 is 1.29 bits per heavy atom. The molecule has 94 valence electrons. The summed E-state index contributed by atoms with van der Waals surface area (Å²) in [5.41, 5.74) is 6.30. The second-order valence-electron chi connectivity index (χ2n) is 5.21. The van der Waals surface area contributed by atoms with Crippen LogP contribution in [0.2, 0.25) is 0 Å². The molecule has 1 saturated carbocycles. The van der Waals surface area contributed by atoms with E-state index in [1.165, 1.54) is 6.42 Å². The summed E-state index contributed by atoms with van der Waals surface area (Å²) in [5.74, 6) is 2.12. The Bertz CT molecular complexity index is 387. The molecule has 2 rings (SSSR count). The Labute approximate surface area is 111 Å². The molecule has 0 aliphatic heterocycles. The molecular weight excluding hydrogens is 280 g/mol. The van der Waals surface area contributed by atoms with Crippen LogP contribution in [0.3, 0.4) is 0 Å². The summed E-state index contributed by atoms with van der Waals surface area (Å²) in [5, 5.41) is 0. The fourth-order valence-corrected chi connectivity index (χ4v) is 3.11. The van der Waals surface area contributed by atoms with Crippen LogP contribution >= 0.6 is 15.9 Å². The number of halogens is 1. The van der Waals surface area contributed by atoms with E-state index in [2.05, 4.69) is 34.8 Å². The zero-order valence-corrected chi connectivity index (χ0v) is 11.9. The van der Waals surface area contributed by atoms with E-state index in [9.17, 15) is 0 Å². The van der Waals surface area contributed by atoms with Gasteiger partial charge >= 0.3 is 0 Å². The quantitative estimate of drug-likeness (QED) is 0.907. The van der Waals surface area contributed by atoms with E-state index in [1.54, 1.807) is 6.20 Å². The van der Waals surface area contributed by atoms with Gasteiger partial charge in [0.2, 0.25) is 5.88 Å². The fraction of sp³-hybridized carbons (Fsp3) is 0.615. The van der Waals surface area contributed by atoms with E-state index >= 15 is 0 Å². The normalized spacial score (nSPS) is 29.0. The molecule has 3 nitrogen and oxygen atoms in total. The maximum Gasteiger partial charge on any atom is 0.228 e. The molecule has 17 heavy (non-hydrogen) atoms. The fourth-order valence-electron chi connectivity index (χ4n) is 2.65. The number of ether oxygens (including phenoxy) is 1. The monoisotopic (exact) mass is 298 g/mol. The van der Waals surface area contributed by atoms with E-state index in [4.69, 9.17) is 10.5 Å². The summed E-state index contributed by atoms with van der Waals surface area (Å²) in [6.45, 7) is 4.58. The molecule has 0 amide bonds. The number of anilines is 1. The molecule has 1 aliphatic rings. The third-order valence-electron chi connectivity index (χ3n) is 3.24. The van der Waals surface area contributed by atoms with Crippen molar-refractivity contribution in [1.29, 1.82) is 0 Å². The number of rotatable bonds is 2. The molecule has 0 saturated heterocycles. The number of nitrogens with zero attached hydrogens (tertiary/aromatic N) is 1. The largest absolute Gasteiger partial charge is 0.474 e. The summed E-state index contributed by atoms with van der Waals surface area (Å²) in [6.07, 6.45) is 5.44. The minimum atomic E-state index is 0.279. The lowest BCUT2D eigenvalue weighted by atomic mass is 9.82. The Morgan fingerprint density at radius 3 is 2.53 bits per heavy atom. The van der Waals surface area contributed by atoms with E-state index in [1.807, 2.05) is 6.07 Å². The SMILES string of the molecule is CC1CC(C)CC(Oc2ncc(N)cc2Br)C1. The van der Waals surface area contributed by atoms with Crippen molar-refractivity contribution in [1.82, 2.24) is 4.98 Å². The highest BCUT2D eigenvalue weighted by Crippen LogP contribution is 2.33. The smallest absolute Gasteiger partial charge is 0.228 e. The average Bonchev–Trinajstić information content (AvgIpc) is 2.21. The van der Waals surface area contributed by atoms with Crippen LogP contribution in [0.4, 0.5) is 5.69 Å². The predicted octanol–water partition coefficient (Wildman–Crippen LogP) is 3.63. The lowest BCUT2D eigenvalue weighted by Gasteiger charge is -2.31. The summed E-state index contributed by atoms with van der Waals surface area (Å²) < 4.78 is 6.80. The molecule has 1 aromatic heterocycles. The van der Waals surface area contributed by atoms with Crippen molar-refractivity contribution in [2.75, 3.05) is 5.73 Å². The van der Waals surface area contributed by atoms with Gasteiger partial charge in [0.15, 0.2) is 0 Å². The maximum absolute atomic E-state index is 5.97. The number of hydrogen-bond acceptors (Lipinski definition) is 3. The van der Waals surface area contributed by atoms with E-state index in [0.29, 0.717) is 11.6 Å². The maximum atomic E-state index is 5.97. The highest BCUT2D eigenvalue weighted by atomic mass is 79.9. The van der Waals surface area contributed by atoms with Gasteiger partial charge in [-0.05, 0) is 53.1 Å². The van der Waals surface area contributed by atoms with Gasteiger partial charge in [-0.2, -0.15) is 0 Å². The molecule has 0 aromatic carbocycles. The summed E-state index contributed by atoms with van der Waals surface area (Å²) in [7, 11) is 0. The van der Waals surface area contributed by atoms with Crippen LogP contribution in [0.25, 0.3) is 0 Å². The molecular formula is C13H19BrN2O. The first-order chi connectivity index (χ1) is 8.04. The van der Waals surface area contributed by atoms with Crippen molar-refractivity contribution < 1.29 is 4.74 Å². The van der Waals surface area contributed by atoms with Crippen molar-refractivity contribution in [2.45, 2.75) is 39.2 Å². The Morgan fingerprint density at radius 2 is 1.94 bits per heavy atom. The summed E-state index contributed by atoms with van der Waals surface area (Å²) >= 11 is 3.44. The molecule has 2 unspecified atom stereocenters. The van der Waals surface area contributed by atoms with Gasteiger partial charge in [0.05, 0.1) is 16.4 Å². The van der Waals surface area contributed by atoms with Crippen molar-refractivity contribution in [3.63, 3.8) is 0 Å².